The molecule has 0 atom stereocenters. The van der Waals surface area contributed by atoms with Crippen LogP contribution >= 0.6 is 58.0 Å². The molecule has 0 heterocycles. The van der Waals surface area contributed by atoms with Gasteiger partial charge in [-0.25, -0.2) is 0 Å². The molecule has 0 unspecified atom stereocenters. The summed E-state index contributed by atoms with van der Waals surface area (Å²) < 4.78 is 24.9. The molecule has 0 spiro atoms. The fourth-order valence-corrected chi connectivity index (χ4v) is 3.76. The van der Waals surface area contributed by atoms with Crippen LogP contribution in [0.15, 0.2) is 91.0 Å². The van der Waals surface area contributed by atoms with Crippen molar-refractivity contribution in [2.75, 3.05) is 0 Å². The standard InChI is InChI=1S/C24H16Cl2O.CHCl3O3S/c25-21-15-18(16-7-3-1-4-8-16)11-12-20(21)23-19(13-14-22(27)24(23)26)17-9-5-2-6-10-17;2-1(3,4)8(5,6)7/h1-15,27H;(H,5,6,7). The zero-order chi connectivity index (χ0) is 25.8. The molecule has 4 aromatic rings. The lowest BCUT2D eigenvalue weighted by molar-refractivity contribution is 0.476. The van der Waals surface area contributed by atoms with E-state index in [1.807, 2.05) is 84.9 Å². The molecule has 0 radical (unpaired) electrons. The Labute approximate surface area is 228 Å². The Hall–Kier alpha value is -1.96. The van der Waals surface area contributed by atoms with Gasteiger partial charge in [0.25, 0.3) is 0 Å². The maximum atomic E-state index is 10.2. The van der Waals surface area contributed by atoms with Gasteiger partial charge in [-0.15, -0.1) is 0 Å². The average Bonchev–Trinajstić information content (AvgIpc) is 2.81. The summed E-state index contributed by atoms with van der Waals surface area (Å²) in [4.78, 5) is 0. The maximum Gasteiger partial charge on any atom is 0.317 e. The number of hydrogen-bond donors (Lipinski definition) is 2. The molecule has 4 nitrogen and oxygen atoms in total. The van der Waals surface area contributed by atoms with Crippen LogP contribution in [-0.4, -0.2) is 21.2 Å². The van der Waals surface area contributed by atoms with Crippen molar-refractivity contribution in [3.8, 4) is 39.1 Å². The summed E-state index contributed by atoms with van der Waals surface area (Å²) in [6.07, 6.45) is 0. The van der Waals surface area contributed by atoms with E-state index in [0.717, 1.165) is 33.4 Å². The van der Waals surface area contributed by atoms with E-state index in [1.54, 1.807) is 6.07 Å². The van der Waals surface area contributed by atoms with Crippen molar-refractivity contribution >= 4 is 68.1 Å². The van der Waals surface area contributed by atoms with Gasteiger partial charge >= 0.3 is 13.2 Å². The molecule has 0 amide bonds. The Kier molecular flexibility index (Phi) is 9.00. The van der Waals surface area contributed by atoms with E-state index in [-0.39, 0.29) is 5.75 Å². The van der Waals surface area contributed by atoms with Gasteiger partial charge in [0.1, 0.15) is 5.75 Å². The van der Waals surface area contributed by atoms with Crippen LogP contribution < -0.4 is 0 Å². The molecular weight excluding hydrogens is 574 g/mol. The molecule has 0 saturated heterocycles. The number of rotatable bonds is 3. The Bertz CT molecular complexity index is 1420. The lowest BCUT2D eigenvalue weighted by Gasteiger charge is -2.15. The van der Waals surface area contributed by atoms with Gasteiger partial charge in [-0.2, -0.15) is 8.42 Å². The molecule has 0 aliphatic carbocycles. The number of halogens is 5. The van der Waals surface area contributed by atoms with E-state index >= 15 is 0 Å². The highest BCUT2D eigenvalue weighted by molar-refractivity contribution is 7.92. The highest BCUT2D eigenvalue weighted by Crippen LogP contribution is 2.45. The second-order valence-corrected chi connectivity index (χ2v) is 12.5. The van der Waals surface area contributed by atoms with Crippen molar-refractivity contribution < 1.29 is 18.1 Å². The minimum atomic E-state index is -4.54. The second kappa shape index (κ2) is 11.4. The van der Waals surface area contributed by atoms with Gasteiger partial charge in [0.15, 0.2) is 0 Å². The molecule has 0 saturated carbocycles. The first-order valence-corrected chi connectivity index (χ1v) is 13.2. The molecule has 10 heteroatoms. The third-order valence-corrected chi connectivity index (χ3v) is 7.88. The molecule has 0 aromatic heterocycles. The SMILES string of the molecule is O=S(=O)(O)C(Cl)(Cl)Cl.Oc1ccc(-c2ccccc2)c(-c2ccc(-c3ccccc3)cc2Cl)c1Cl. The van der Waals surface area contributed by atoms with Crippen LogP contribution in [0.25, 0.3) is 33.4 Å². The highest BCUT2D eigenvalue weighted by atomic mass is 35.6. The zero-order valence-electron chi connectivity index (χ0n) is 17.7. The molecule has 35 heavy (non-hydrogen) atoms. The van der Waals surface area contributed by atoms with Gasteiger partial charge in [-0.3, -0.25) is 4.55 Å². The van der Waals surface area contributed by atoms with E-state index in [9.17, 15) is 13.5 Å². The predicted octanol–water partition coefficient (Wildman–Crippen LogP) is 8.90. The fraction of sp³-hybridized carbons (Fsp3) is 0.0400. The van der Waals surface area contributed by atoms with Crippen molar-refractivity contribution in [1.29, 1.82) is 0 Å². The van der Waals surface area contributed by atoms with E-state index in [0.29, 0.717) is 10.0 Å². The molecule has 182 valence electrons. The summed E-state index contributed by atoms with van der Waals surface area (Å²) in [6.45, 7) is 0. The first-order valence-electron chi connectivity index (χ1n) is 9.86. The largest absolute Gasteiger partial charge is 0.506 e. The summed E-state index contributed by atoms with van der Waals surface area (Å²) in [5.74, 6) is 0.0366. The summed E-state index contributed by atoms with van der Waals surface area (Å²) in [6, 6.07) is 29.4. The molecule has 0 aliphatic rings. The smallest absolute Gasteiger partial charge is 0.317 e. The molecule has 0 fully saturated rings. The maximum absolute atomic E-state index is 10.2. The van der Waals surface area contributed by atoms with Crippen LogP contribution in [0.2, 0.25) is 10.0 Å². The summed E-state index contributed by atoms with van der Waals surface area (Å²) >= 11 is 27.3. The number of benzene rings is 4. The van der Waals surface area contributed by atoms with Gasteiger partial charge in [0, 0.05) is 16.1 Å². The Balaban J connectivity index is 0.000000371. The van der Waals surface area contributed by atoms with Crippen LogP contribution in [0.5, 0.6) is 5.75 Å². The molecule has 4 aromatic carbocycles. The second-order valence-electron chi connectivity index (χ2n) is 7.17. The normalized spacial score (nSPS) is 11.5. The Morgan fingerprint density at radius 3 is 1.63 bits per heavy atom. The van der Waals surface area contributed by atoms with Crippen molar-refractivity contribution in [3.05, 3.63) is 101 Å². The predicted molar refractivity (Wildman–Crippen MR) is 146 cm³/mol. The molecule has 2 N–H and O–H groups in total. The fourth-order valence-electron chi connectivity index (χ4n) is 3.21. The van der Waals surface area contributed by atoms with Gasteiger partial charge < -0.3 is 5.11 Å². The molecule has 0 aliphatic heterocycles. The first-order chi connectivity index (χ1) is 16.4. The average molecular weight is 591 g/mol. The number of phenolic OH excluding ortho intramolecular Hbond substituents is 1. The van der Waals surface area contributed by atoms with Gasteiger partial charge in [-0.05, 0) is 40.5 Å². The van der Waals surface area contributed by atoms with Crippen molar-refractivity contribution in [1.82, 2.24) is 0 Å². The number of phenols is 1. The first kappa shape index (κ1) is 27.6. The van der Waals surface area contributed by atoms with E-state index in [4.69, 9.17) is 62.6 Å². The summed E-state index contributed by atoms with van der Waals surface area (Å²) in [5.41, 5.74) is 5.58. The molecule has 0 bridgehead atoms. The molecule has 4 rings (SSSR count). The Morgan fingerprint density at radius 1 is 0.657 bits per heavy atom. The minimum absolute atomic E-state index is 0.0366. The monoisotopic (exact) mass is 588 g/mol. The van der Waals surface area contributed by atoms with Crippen LogP contribution in [0.3, 0.4) is 0 Å². The topological polar surface area (TPSA) is 74.6 Å². The number of alkyl halides is 3. The third kappa shape index (κ3) is 6.83. The van der Waals surface area contributed by atoms with Gasteiger partial charge in [0.2, 0.25) is 0 Å². The van der Waals surface area contributed by atoms with Crippen molar-refractivity contribution in [2.24, 2.45) is 0 Å². The Morgan fingerprint density at radius 2 is 1.14 bits per heavy atom. The van der Waals surface area contributed by atoms with Crippen LogP contribution in [-0.2, 0) is 10.1 Å². The number of hydrogen-bond acceptors (Lipinski definition) is 3. The lowest BCUT2D eigenvalue weighted by atomic mass is 9.93. The quantitative estimate of drug-likeness (QED) is 0.185. The highest BCUT2D eigenvalue weighted by Gasteiger charge is 2.35. The van der Waals surface area contributed by atoms with Crippen LogP contribution in [0.4, 0.5) is 0 Å². The van der Waals surface area contributed by atoms with E-state index < -0.39 is 13.2 Å². The van der Waals surface area contributed by atoms with Gasteiger partial charge in [-0.1, -0.05) is 131 Å². The minimum Gasteiger partial charge on any atom is -0.506 e. The summed E-state index contributed by atoms with van der Waals surface area (Å²) in [7, 11) is -4.54. The van der Waals surface area contributed by atoms with Crippen LogP contribution in [0.1, 0.15) is 0 Å². The lowest BCUT2D eigenvalue weighted by Crippen LogP contribution is -2.17. The third-order valence-electron chi connectivity index (χ3n) is 4.84. The van der Waals surface area contributed by atoms with E-state index in [1.165, 1.54) is 0 Å². The van der Waals surface area contributed by atoms with Gasteiger partial charge in [0.05, 0.1) is 5.02 Å². The van der Waals surface area contributed by atoms with Crippen molar-refractivity contribution in [2.45, 2.75) is 3.12 Å². The zero-order valence-corrected chi connectivity index (χ0v) is 22.3. The summed E-state index contributed by atoms with van der Waals surface area (Å²) in [5, 5.41) is 11.1. The van der Waals surface area contributed by atoms with Crippen LogP contribution in [0, 0.1) is 0 Å². The number of aromatic hydroxyl groups is 1. The van der Waals surface area contributed by atoms with Crippen molar-refractivity contribution in [3.63, 3.8) is 0 Å². The van der Waals surface area contributed by atoms with E-state index in [2.05, 4.69) is 0 Å². The molecular formula is C25H17Cl5O4S.